The standard InChI is InChI=1S/C18H27NO6/c1-12(20)19-15(16(21)11-25-18(2,3)4)10-24-17(22)13-6-8-14(23-5)9-7-13/h6-9,15-16,21H,10-11H2,1-5H3,(H,19,20)/t15-,16-/m1/s1. The van der Waals surface area contributed by atoms with E-state index in [-0.39, 0.29) is 19.1 Å². The Hall–Kier alpha value is -2.12. The number of aliphatic hydroxyl groups is 1. The molecule has 2 atom stereocenters. The van der Waals surface area contributed by atoms with Gasteiger partial charge in [-0.1, -0.05) is 0 Å². The number of aliphatic hydroxyl groups excluding tert-OH is 1. The number of methoxy groups -OCH3 is 1. The maximum atomic E-state index is 12.1. The van der Waals surface area contributed by atoms with Gasteiger partial charge in [-0.25, -0.2) is 4.79 Å². The SMILES string of the molecule is COc1ccc(C(=O)OC[C@@H](NC(C)=O)[C@H](O)COC(C)(C)C)cc1. The molecule has 25 heavy (non-hydrogen) atoms. The van der Waals surface area contributed by atoms with Crippen LogP contribution in [0.3, 0.4) is 0 Å². The van der Waals surface area contributed by atoms with Crippen LogP contribution in [0, 0.1) is 0 Å². The second kappa shape index (κ2) is 9.39. The summed E-state index contributed by atoms with van der Waals surface area (Å²) in [7, 11) is 1.53. The molecule has 0 unspecified atom stereocenters. The smallest absolute Gasteiger partial charge is 0.338 e. The van der Waals surface area contributed by atoms with Gasteiger partial charge < -0.3 is 24.6 Å². The number of ether oxygens (including phenoxy) is 3. The third-order valence-electron chi connectivity index (χ3n) is 3.26. The summed E-state index contributed by atoms with van der Waals surface area (Å²) in [5.41, 5.74) is -0.0792. The molecule has 0 aliphatic carbocycles. The molecule has 0 fully saturated rings. The summed E-state index contributed by atoms with van der Waals surface area (Å²) in [5, 5.41) is 12.8. The lowest BCUT2D eigenvalue weighted by Crippen LogP contribution is -2.48. The predicted octanol–water partition coefficient (Wildman–Crippen LogP) is 1.53. The van der Waals surface area contributed by atoms with Crippen molar-refractivity contribution in [1.82, 2.24) is 5.32 Å². The van der Waals surface area contributed by atoms with Crippen molar-refractivity contribution in [1.29, 1.82) is 0 Å². The fraction of sp³-hybridized carbons (Fsp3) is 0.556. The molecule has 1 aromatic rings. The molecule has 140 valence electrons. The maximum Gasteiger partial charge on any atom is 0.338 e. The van der Waals surface area contributed by atoms with E-state index in [4.69, 9.17) is 14.2 Å². The minimum Gasteiger partial charge on any atom is -0.497 e. The number of esters is 1. The summed E-state index contributed by atoms with van der Waals surface area (Å²) in [6.45, 7) is 6.74. The summed E-state index contributed by atoms with van der Waals surface area (Å²) in [6, 6.07) is 5.69. The Bertz CT molecular complexity index is 564. The first-order valence-corrected chi connectivity index (χ1v) is 8.02. The highest BCUT2D eigenvalue weighted by atomic mass is 16.5. The van der Waals surface area contributed by atoms with Crippen LogP contribution in [0.5, 0.6) is 5.75 Å². The van der Waals surface area contributed by atoms with Gasteiger partial charge in [0.1, 0.15) is 18.5 Å². The van der Waals surface area contributed by atoms with Crippen LogP contribution in [0.2, 0.25) is 0 Å². The number of nitrogens with one attached hydrogen (secondary N) is 1. The Morgan fingerprint density at radius 2 is 1.76 bits per heavy atom. The summed E-state index contributed by atoms with van der Waals surface area (Å²) >= 11 is 0. The predicted molar refractivity (Wildman–Crippen MR) is 92.6 cm³/mol. The zero-order valence-corrected chi connectivity index (χ0v) is 15.4. The van der Waals surface area contributed by atoms with Crippen LogP contribution in [-0.2, 0) is 14.3 Å². The highest BCUT2D eigenvalue weighted by molar-refractivity contribution is 5.89. The van der Waals surface area contributed by atoms with Crippen molar-refractivity contribution in [3.8, 4) is 5.75 Å². The van der Waals surface area contributed by atoms with Gasteiger partial charge in [0.05, 0.1) is 30.9 Å². The third-order valence-corrected chi connectivity index (χ3v) is 3.26. The van der Waals surface area contributed by atoms with Crippen molar-refractivity contribution in [2.45, 2.75) is 45.4 Å². The van der Waals surface area contributed by atoms with Gasteiger partial charge in [-0.2, -0.15) is 0 Å². The topological polar surface area (TPSA) is 94.1 Å². The van der Waals surface area contributed by atoms with Crippen molar-refractivity contribution in [2.75, 3.05) is 20.3 Å². The van der Waals surface area contributed by atoms with Gasteiger partial charge >= 0.3 is 5.97 Å². The van der Waals surface area contributed by atoms with Crippen LogP contribution >= 0.6 is 0 Å². The fourth-order valence-corrected chi connectivity index (χ4v) is 1.94. The molecule has 7 nitrogen and oxygen atoms in total. The number of hydrogen-bond acceptors (Lipinski definition) is 6. The van der Waals surface area contributed by atoms with Crippen molar-refractivity contribution < 1.29 is 28.9 Å². The Labute approximate surface area is 148 Å². The van der Waals surface area contributed by atoms with E-state index < -0.39 is 23.7 Å². The third kappa shape index (κ3) is 8.00. The van der Waals surface area contributed by atoms with Crippen LogP contribution in [0.25, 0.3) is 0 Å². The molecule has 1 aromatic carbocycles. The fourth-order valence-electron chi connectivity index (χ4n) is 1.94. The van der Waals surface area contributed by atoms with E-state index in [2.05, 4.69) is 5.32 Å². The molecular weight excluding hydrogens is 326 g/mol. The van der Waals surface area contributed by atoms with E-state index in [1.165, 1.54) is 14.0 Å². The van der Waals surface area contributed by atoms with Crippen molar-refractivity contribution in [2.24, 2.45) is 0 Å². The molecule has 0 heterocycles. The Balaban J connectivity index is 2.64. The molecule has 0 aromatic heterocycles. The Kier molecular flexibility index (Phi) is 7.86. The Morgan fingerprint density at radius 3 is 2.24 bits per heavy atom. The van der Waals surface area contributed by atoms with Gasteiger partial charge in [-0.15, -0.1) is 0 Å². The number of benzene rings is 1. The van der Waals surface area contributed by atoms with Crippen LogP contribution in [0.15, 0.2) is 24.3 Å². The van der Waals surface area contributed by atoms with Gasteiger partial charge in [0.2, 0.25) is 5.91 Å². The second-order valence-electron chi connectivity index (χ2n) is 6.62. The summed E-state index contributed by atoms with van der Waals surface area (Å²) in [5.74, 6) is -0.260. The molecule has 1 rings (SSSR count). The number of amides is 1. The number of carbonyl (C=O) groups excluding carboxylic acids is 2. The van der Waals surface area contributed by atoms with E-state index in [9.17, 15) is 14.7 Å². The molecule has 0 radical (unpaired) electrons. The molecule has 7 heteroatoms. The first-order valence-electron chi connectivity index (χ1n) is 8.02. The van der Waals surface area contributed by atoms with Crippen LogP contribution in [0.4, 0.5) is 0 Å². The van der Waals surface area contributed by atoms with Crippen molar-refractivity contribution >= 4 is 11.9 Å². The van der Waals surface area contributed by atoms with Gasteiger partial charge in [0.15, 0.2) is 0 Å². The molecule has 0 spiro atoms. The average Bonchev–Trinajstić information content (AvgIpc) is 2.55. The van der Waals surface area contributed by atoms with Crippen LogP contribution in [-0.4, -0.2) is 55.1 Å². The normalized spacial score (nSPS) is 13.7. The highest BCUT2D eigenvalue weighted by Gasteiger charge is 2.24. The van der Waals surface area contributed by atoms with E-state index in [0.717, 1.165) is 0 Å². The van der Waals surface area contributed by atoms with E-state index >= 15 is 0 Å². The molecule has 0 saturated carbocycles. The lowest BCUT2D eigenvalue weighted by molar-refractivity contribution is -0.122. The zero-order chi connectivity index (χ0) is 19.0. The monoisotopic (exact) mass is 353 g/mol. The number of hydrogen-bond donors (Lipinski definition) is 2. The summed E-state index contributed by atoms with van der Waals surface area (Å²) < 4.78 is 15.8. The lowest BCUT2D eigenvalue weighted by Gasteiger charge is -2.27. The van der Waals surface area contributed by atoms with E-state index in [0.29, 0.717) is 11.3 Å². The zero-order valence-electron chi connectivity index (χ0n) is 15.4. The molecule has 0 aliphatic heterocycles. The molecule has 0 bridgehead atoms. The highest BCUT2D eigenvalue weighted by Crippen LogP contribution is 2.13. The van der Waals surface area contributed by atoms with Gasteiger partial charge in [0.25, 0.3) is 0 Å². The first-order chi connectivity index (χ1) is 11.6. The minimum atomic E-state index is -1.01. The number of rotatable bonds is 8. The van der Waals surface area contributed by atoms with Crippen LogP contribution in [0.1, 0.15) is 38.1 Å². The van der Waals surface area contributed by atoms with E-state index in [1.54, 1.807) is 24.3 Å². The minimum absolute atomic E-state index is 0.00847. The summed E-state index contributed by atoms with van der Waals surface area (Å²) in [4.78, 5) is 23.4. The van der Waals surface area contributed by atoms with E-state index in [1.807, 2.05) is 20.8 Å². The molecule has 2 N–H and O–H groups in total. The lowest BCUT2D eigenvalue weighted by atomic mass is 10.1. The van der Waals surface area contributed by atoms with Crippen LogP contribution < -0.4 is 10.1 Å². The molecule has 0 saturated heterocycles. The van der Waals surface area contributed by atoms with Crippen molar-refractivity contribution in [3.05, 3.63) is 29.8 Å². The van der Waals surface area contributed by atoms with Gasteiger partial charge in [-0.3, -0.25) is 4.79 Å². The molecule has 1 amide bonds. The summed E-state index contributed by atoms with van der Waals surface area (Å²) in [6.07, 6.45) is -1.01. The first kappa shape index (κ1) is 20.9. The molecular formula is C18H27NO6. The maximum absolute atomic E-state index is 12.1. The number of carbonyl (C=O) groups is 2. The Morgan fingerprint density at radius 1 is 1.16 bits per heavy atom. The average molecular weight is 353 g/mol. The largest absolute Gasteiger partial charge is 0.497 e. The quantitative estimate of drug-likeness (QED) is 0.689. The van der Waals surface area contributed by atoms with Gasteiger partial charge in [-0.05, 0) is 45.0 Å². The second-order valence-corrected chi connectivity index (χ2v) is 6.62. The molecule has 0 aliphatic rings. The van der Waals surface area contributed by atoms with Gasteiger partial charge in [0, 0.05) is 6.92 Å². The van der Waals surface area contributed by atoms with Crippen molar-refractivity contribution in [3.63, 3.8) is 0 Å².